The van der Waals surface area contributed by atoms with Crippen molar-refractivity contribution < 1.29 is 17.9 Å². The number of sulfonamides is 1. The van der Waals surface area contributed by atoms with Gasteiger partial charge in [0.15, 0.2) is 0 Å². The molecule has 28 heavy (non-hydrogen) atoms. The molecule has 0 unspecified atom stereocenters. The van der Waals surface area contributed by atoms with Crippen LogP contribution in [0.1, 0.15) is 16.7 Å². The van der Waals surface area contributed by atoms with E-state index in [4.69, 9.17) is 4.74 Å². The minimum atomic E-state index is -3.33. The van der Waals surface area contributed by atoms with Crippen molar-refractivity contribution in [2.24, 2.45) is 0 Å². The summed E-state index contributed by atoms with van der Waals surface area (Å²) in [5, 5.41) is 3.68. The van der Waals surface area contributed by atoms with Gasteiger partial charge in [-0.2, -0.15) is 0 Å². The summed E-state index contributed by atoms with van der Waals surface area (Å²) in [7, 11) is -1.93. The maximum absolute atomic E-state index is 11.8. The predicted molar refractivity (Wildman–Crippen MR) is 108 cm³/mol. The second-order valence-electron chi connectivity index (χ2n) is 6.40. The Labute approximate surface area is 164 Å². The minimum Gasteiger partial charge on any atom is -0.445 e. The van der Waals surface area contributed by atoms with Crippen LogP contribution >= 0.6 is 0 Å². The number of alkyl carbamates (subject to hydrolysis) is 1. The zero-order valence-electron chi connectivity index (χ0n) is 15.6. The van der Waals surface area contributed by atoms with Gasteiger partial charge in [0.1, 0.15) is 6.61 Å². The quantitative estimate of drug-likeness (QED) is 0.540. The van der Waals surface area contributed by atoms with Gasteiger partial charge in [-0.25, -0.2) is 17.9 Å². The van der Waals surface area contributed by atoms with E-state index in [1.165, 1.54) is 7.05 Å². The van der Waals surface area contributed by atoms with Gasteiger partial charge in [-0.3, -0.25) is 0 Å². The Morgan fingerprint density at radius 3 is 2.64 bits per heavy atom. The van der Waals surface area contributed by atoms with Crippen LogP contribution in [0.5, 0.6) is 0 Å². The third-order valence-electron chi connectivity index (χ3n) is 4.38. The SMILES string of the molecule is CNS(=O)(=O)Cc1ccc2[nH]cc(CCNC(=O)OCc3ccccc3)c2c1. The number of hydrogen-bond donors (Lipinski definition) is 3. The molecule has 0 aliphatic rings. The molecule has 3 aromatic rings. The van der Waals surface area contributed by atoms with Gasteiger partial charge in [0, 0.05) is 23.6 Å². The zero-order valence-corrected chi connectivity index (χ0v) is 16.4. The van der Waals surface area contributed by atoms with Crippen molar-refractivity contribution in [2.45, 2.75) is 18.8 Å². The molecule has 0 bridgehead atoms. The monoisotopic (exact) mass is 401 g/mol. The highest BCUT2D eigenvalue weighted by molar-refractivity contribution is 7.88. The van der Waals surface area contributed by atoms with E-state index < -0.39 is 16.1 Å². The second kappa shape index (κ2) is 8.90. The Morgan fingerprint density at radius 1 is 1.11 bits per heavy atom. The lowest BCUT2D eigenvalue weighted by molar-refractivity contribution is 0.140. The van der Waals surface area contributed by atoms with E-state index in [-0.39, 0.29) is 12.4 Å². The molecule has 0 aliphatic heterocycles. The fraction of sp³-hybridized carbons (Fsp3) is 0.250. The summed E-state index contributed by atoms with van der Waals surface area (Å²) in [6, 6.07) is 15.0. The first-order valence-corrected chi connectivity index (χ1v) is 10.6. The van der Waals surface area contributed by atoms with Crippen LogP contribution < -0.4 is 10.0 Å². The number of benzene rings is 2. The number of hydrogen-bond acceptors (Lipinski definition) is 4. The Hall–Kier alpha value is -2.84. The van der Waals surface area contributed by atoms with Crippen LogP contribution in [0.25, 0.3) is 10.9 Å². The average molecular weight is 401 g/mol. The molecule has 0 atom stereocenters. The Morgan fingerprint density at radius 2 is 1.89 bits per heavy atom. The number of amides is 1. The van der Waals surface area contributed by atoms with Crippen LogP contribution in [0.4, 0.5) is 4.79 Å². The predicted octanol–water partition coefficient (Wildman–Crippen LogP) is 2.69. The third kappa shape index (κ3) is 5.34. The number of nitrogens with one attached hydrogen (secondary N) is 3. The topological polar surface area (TPSA) is 100 Å². The summed E-state index contributed by atoms with van der Waals surface area (Å²) >= 11 is 0. The maximum atomic E-state index is 11.8. The standard InChI is InChI=1S/C20H23N3O4S/c1-21-28(25,26)14-16-7-8-19-18(11-16)17(12-23-19)9-10-22-20(24)27-13-15-5-3-2-4-6-15/h2-8,11-12,21,23H,9-10,13-14H2,1H3,(H,22,24). The summed E-state index contributed by atoms with van der Waals surface area (Å²) in [4.78, 5) is 15.0. The van der Waals surface area contributed by atoms with E-state index in [1.54, 1.807) is 6.07 Å². The molecule has 0 fully saturated rings. The molecule has 0 saturated carbocycles. The van der Waals surface area contributed by atoms with E-state index in [9.17, 15) is 13.2 Å². The molecule has 3 rings (SSSR count). The van der Waals surface area contributed by atoms with Crippen LogP contribution in [-0.2, 0) is 33.5 Å². The van der Waals surface area contributed by atoms with Crippen molar-refractivity contribution in [3.05, 3.63) is 71.4 Å². The van der Waals surface area contributed by atoms with Crippen molar-refractivity contribution in [3.63, 3.8) is 0 Å². The molecule has 0 radical (unpaired) electrons. The first-order chi connectivity index (χ1) is 13.5. The second-order valence-corrected chi connectivity index (χ2v) is 8.32. The highest BCUT2D eigenvalue weighted by Crippen LogP contribution is 2.21. The number of rotatable bonds is 8. The van der Waals surface area contributed by atoms with E-state index in [0.717, 1.165) is 22.0 Å². The van der Waals surface area contributed by atoms with Crippen LogP contribution in [0, 0.1) is 0 Å². The van der Waals surface area contributed by atoms with Crippen molar-refractivity contribution >= 4 is 27.0 Å². The number of carbonyl (C=O) groups excluding carboxylic acids is 1. The Balaban J connectivity index is 1.56. The molecule has 0 aliphatic carbocycles. The summed E-state index contributed by atoms with van der Waals surface area (Å²) in [6.45, 7) is 0.642. The number of aromatic amines is 1. The lowest BCUT2D eigenvalue weighted by atomic mass is 10.1. The molecule has 148 valence electrons. The fourth-order valence-electron chi connectivity index (χ4n) is 2.89. The largest absolute Gasteiger partial charge is 0.445 e. The van der Waals surface area contributed by atoms with Crippen LogP contribution in [0.2, 0.25) is 0 Å². The number of H-pyrrole nitrogens is 1. The lowest BCUT2D eigenvalue weighted by Gasteiger charge is -2.07. The van der Waals surface area contributed by atoms with Crippen LogP contribution in [-0.4, -0.2) is 33.1 Å². The lowest BCUT2D eigenvalue weighted by Crippen LogP contribution is -2.26. The van der Waals surface area contributed by atoms with Crippen molar-refractivity contribution in [1.82, 2.24) is 15.0 Å². The van der Waals surface area contributed by atoms with Crippen molar-refractivity contribution in [1.29, 1.82) is 0 Å². The van der Waals surface area contributed by atoms with Crippen LogP contribution in [0.3, 0.4) is 0 Å². The Kier molecular flexibility index (Phi) is 6.33. The fourth-order valence-corrected chi connectivity index (χ4v) is 3.65. The van der Waals surface area contributed by atoms with Gasteiger partial charge >= 0.3 is 6.09 Å². The summed E-state index contributed by atoms with van der Waals surface area (Å²) in [6.07, 6.45) is 2.00. The molecular weight excluding hydrogens is 378 g/mol. The normalized spacial score (nSPS) is 11.5. The first-order valence-electron chi connectivity index (χ1n) is 8.91. The summed E-state index contributed by atoms with van der Waals surface area (Å²) < 4.78 is 31.0. The molecule has 1 amide bonds. The first kappa shape index (κ1) is 19.9. The minimum absolute atomic E-state index is 0.0753. The molecule has 1 heterocycles. The van der Waals surface area contributed by atoms with Crippen molar-refractivity contribution in [3.8, 4) is 0 Å². The average Bonchev–Trinajstić information content (AvgIpc) is 3.09. The van der Waals surface area contributed by atoms with Gasteiger partial charge in [-0.15, -0.1) is 0 Å². The summed E-state index contributed by atoms with van der Waals surface area (Å²) in [5.74, 6) is -0.0753. The van der Waals surface area contributed by atoms with Gasteiger partial charge < -0.3 is 15.0 Å². The van der Waals surface area contributed by atoms with Gasteiger partial charge in [0.05, 0.1) is 5.75 Å². The number of ether oxygens (including phenoxy) is 1. The number of fused-ring (bicyclic) bond motifs is 1. The molecule has 3 N–H and O–H groups in total. The van der Waals surface area contributed by atoms with Gasteiger partial charge in [-0.05, 0) is 42.3 Å². The zero-order chi connectivity index (χ0) is 20.0. The molecular formula is C20H23N3O4S. The highest BCUT2D eigenvalue weighted by atomic mass is 32.2. The molecule has 1 aromatic heterocycles. The Bertz CT molecular complexity index is 1050. The van der Waals surface area contributed by atoms with E-state index in [0.29, 0.717) is 18.5 Å². The molecule has 7 nitrogen and oxygen atoms in total. The van der Waals surface area contributed by atoms with E-state index in [1.807, 2.05) is 48.7 Å². The number of carbonyl (C=O) groups is 1. The maximum Gasteiger partial charge on any atom is 0.407 e. The van der Waals surface area contributed by atoms with E-state index >= 15 is 0 Å². The molecule has 0 saturated heterocycles. The van der Waals surface area contributed by atoms with E-state index in [2.05, 4.69) is 15.0 Å². The third-order valence-corrected chi connectivity index (χ3v) is 5.71. The molecule has 2 aromatic carbocycles. The molecule has 8 heteroatoms. The summed E-state index contributed by atoms with van der Waals surface area (Å²) in [5.41, 5.74) is 3.56. The number of aromatic nitrogens is 1. The van der Waals surface area contributed by atoms with Gasteiger partial charge in [0.25, 0.3) is 0 Å². The van der Waals surface area contributed by atoms with Gasteiger partial charge in [-0.1, -0.05) is 36.4 Å². The highest BCUT2D eigenvalue weighted by Gasteiger charge is 2.11. The smallest absolute Gasteiger partial charge is 0.407 e. The van der Waals surface area contributed by atoms with Crippen molar-refractivity contribution in [2.75, 3.05) is 13.6 Å². The van der Waals surface area contributed by atoms with Crippen LogP contribution in [0.15, 0.2) is 54.7 Å². The van der Waals surface area contributed by atoms with Gasteiger partial charge in [0.2, 0.25) is 10.0 Å². The molecule has 0 spiro atoms.